The Balaban J connectivity index is 1.85. The van der Waals surface area contributed by atoms with Gasteiger partial charge < -0.3 is 15.4 Å². The molecule has 2 aliphatic heterocycles. The number of halogens is 2. The Morgan fingerprint density at radius 3 is 2.48 bits per heavy atom. The summed E-state index contributed by atoms with van der Waals surface area (Å²) < 4.78 is 5.83. The van der Waals surface area contributed by atoms with Crippen molar-refractivity contribution in [2.24, 2.45) is 5.73 Å². The molecule has 29 heavy (non-hydrogen) atoms. The predicted molar refractivity (Wildman–Crippen MR) is 112 cm³/mol. The van der Waals surface area contributed by atoms with E-state index in [4.69, 9.17) is 38.9 Å². The number of carbonyl (C=O) groups is 1. The summed E-state index contributed by atoms with van der Waals surface area (Å²) in [5.41, 5.74) is 8.27. The van der Waals surface area contributed by atoms with Crippen molar-refractivity contribution < 1.29 is 9.53 Å². The van der Waals surface area contributed by atoms with E-state index in [1.54, 1.807) is 42.3 Å². The third-order valence-electron chi connectivity index (χ3n) is 5.58. The molecule has 0 radical (unpaired) electrons. The lowest BCUT2D eigenvalue weighted by atomic mass is 9.85. The first-order valence-electron chi connectivity index (χ1n) is 9.20. The molecule has 0 spiro atoms. The first-order chi connectivity index (χ1) is 13.9. The highest BCUT2D eigenvalue weighted by atomic mass is 35.5. The summed E-state index contributed by atoms with van der Waals surface area (Å²) in [5.74, 6) is 0.444. The number of nitrogens with zero attached hydrogens (tertiary/aromatic N) is 2. The fourth-order valence-corrected chi connectivity index (χ4v) is 5.03. The van der Waals surface area contributed by atoms with Crippen LogP contribution in [0, 0.1) is 11.3 Å². The third kappa shape index (κ3) is 3.28. The summed E-state index contributed by atoms with van der Waals surface area (Å²) in [6.45, 7) is 0.444. The van der Waals surface area contributed by atoms with Gasteiger partial charge in [-0.15, -0.1) is 0 Å². The molecule has 5 nitrogen and oxygen atoms in total. The number of benzene rings is 2. The molecule has 2 aromatic carbocycles. The van der Waals surface area contributed by atoms with E-state index in [0.717, 1.165) is 5.56 Å². The maximum absolute atomic E-state index is 13.4. The van der Waals surface area contributed by atoms with Gasteiger partial charge in [-0.25, -0.2) is 0 Å². The second-order valence-electron chi connectivity index (χ2n) is 7.46. The molecule has 2 aromatic rings. The van der Waals surface area contributed by atoms with Gasteiger partial charge in [0, 0.05) is 29.1 Å². The molecule has 2 N–H and O–H groups in total. The molecule has 4 rings (SSSR count). The normalized spacial score (nSPS) is 23.3. The van der Waals surface area contributed by atoms with Crippen LogP contribution in [0.4, 0.5) is 0 Å². The van der Waals surface area contributed by atoms with Gasteiger partial charge in [0.2, 0.25) is 0 Å². The zero-order chi connectivity index (χ0) is 20.8. The van der Waals surface area contributed by atoms with Gasteiger partial charge in [0.15, 0.2) is 0 Å². The molecular formula is C22H19Cl2N3O2. The lowest BCUT2D eigenvalue weighted by Gasteiger charge is -2.34. The van der Waals surface area contributed by atoms with Gasteiger partial charge in [-0.3, -0.25) is 4.79 Å². The molecule has 0 saturated carbocycles. The van der Waals surface area contributed by atoms with Crippen molar-refractivity contribution in [3.63, 3.8) is 0 Å². The van der Waals surface area contributed by atoms with Crippen LogP contribution in [0.2, 0.25) is 10.0 Å². The fraction of sp³-hybridized carbons (Fsp3) is 0.273. The van der Waals surface area contributed by atoms with E-state index in [-0.39, 0.29) is 11.9 Å². The van der Waals surface area contributed by atoms with E-state index in [0.29, 0.717) is 51.9 Å². The van der Waals surface area contributed by atoms with Crippen molar-refractivity contribution in [2.45, 2.75) is 24.4 Å². The van der Waals surface area contributed by atoms with Crippen LogP contribution in [-0.2, 0) is 16.0 Å². The maximum atomic E-state index is 13.4. The number of hydrogen-bond acceptors (Lipinski definition) is 4. The topological polar surface area (TPSA) is 79.3 Å². The first kappa shape index (κ1) is 19.8. The van der Waals surface area contributed by atoms with E-state index in [1.807, 2.05) is 12.1 Å². The molecule has 2 heterocycles. The summed E-state index contributed by atoms with van der Waals surface area (Å²) in [5, 5.41) is 9.95. The van der Waals surface area contributed by atoms with Crippen LogP contribution in [0.25, 0.3) is 5.57 Å². The molecule has 1 saturated heterocycles. The van der Waals surface area contributed by atoms with Crippen molar-refractivity contribution in [1.82, 2.24) is 4.90 Å². The molecule has 2 aliphatic rings. The van der Waals surface area contributed by atoms with E-state index in [9.17, 15) is 4.79 Å². The molecule has 0 aromatic heterocycles. The summed E-state index contributed by atoms with van der Waals surface area (Å²) >= 11 is 12.4. The number of ether oxygens (including phenoxy) is 1. The first-order valence-corrected chi connectivity index (χ1v) is 9.95. The highest BCUT2D eigenvalue weighted by Gasteiger charge is 2.57. The molecule has 0 aliphatic carbocycles. The van der Waals surface area contributed by atoms with Crippen molar-refractivity contribution in [1.29, 1.82) is 5.26 Å². The molecule has 0 bridgehead atoms. The Morgan fingerprint density at radius 2 is 1.90 bits per heavy atom. The smallest absolute Gasteiger partial charge is 0.258 e. The van der Waals surface area contributed by atoms with Crippen LogP contribution >= 0.6 is 23.2 Å². The summed E-state index contributed by atoms with van der Waals surface area (Å²) in [6.07, 6.45) is 1.12. The predicted octanol–water partition coefficient (Wildman–Crippen LogP) is 3.78. The highest BCUT2D eigenvalue weighted by Crippen LogP contribution is 2.48. The Hall–Kier alpha value is -2.52. The van der Waals surface area contributed by atoms with Gasteiger partial charge in [0.1, 0.15) is 11.3 Å². The number of nitrogens with two attached hydrogens (primary N) is 1. The number of hydrogen-bond donors (Lipinski definition) is 1. The second kappa shape index (κ2) is 7.38. The number of carbonyl (C=O) groups excluding carboxylic acids is 1. The fourth-order valence-electron chi connectivity index (χ4n) is 4.50. The summed E-state index contributed by atoms with van der Waals surface area (Å²) in [4.78, 5) is 15.2. The van der Waals surface area contributed by atoms with Gasteiger partial charge in [0.25, 0.3) is 5.91 Å². The minimum Gasteiger partial charge on any atom is -0.498 e. The van der Waals surface area contributed by atoms with Crippen molar-refractivity contribution in [2.75, 3.05) is 13.7 Å². The summed E-state index contributed by atoms with van der Waals surface area (Å²) in [6, 6.07) is 14.4. The van der Waals surface area contributed by atoms with Gasteiger partial charge in [0.05, 0.1) is 24.3 Å². The zero-order valence-corrected chi connectivity index (χ0v) is 17.3. The third-order valence-corrected chi connectivity index (χ3v) is 6.01. The molecule has 7 heteroatoms. The second-order valence-corrected chi connectivity index (χ2v) is 8.34. The lowest BCUT2D eigenvalue weighted by molar-refractivity contribution is -0.126. The largest absolute Gasteiger partial charge is 0.498 e. The van der Waals surface area contributed by atoms with Gasteiger partial charge in [-0.1, -0.05) is 35.3 Å². The number of rotatable bonds is 4. The van der Waals surface area contributed by atoms with Crippen molar-refractivity contribution in [3.8, 4) is 6.07 Å². The van der Waals surface area contributed by atoms with Crippen LogP contribution in [-0.4, -0.2) is 36.0 Å². The van der Waals surface area contributed by atoms with Crippen molar-refractivity contribution >= 4 is 34.7 Å². The van der Waals surface area contributed by atoms with Gasteiger partial charge >= 0.3 is 0 Å². The van der Waals surface area contributed by atoms with Crippen molar-refractivity contribution in [3.05, 3.63) is 75.0 Å². The van der Waals surface area contributed by atoms with E-state index in [1.165, 1.54) is 0 Å². The molecular weight excluding hydrogens is 409 g/mol. The van der Waals surface area contributed by atoms with Gasteiger partial charge in [-0.2, -0.15) is 5.26 Å². The average Bonchev–Trinajstić information content (AvgIpc) is 3.11. The zero-order valence-electron chi connectivity index (χ0n) is 15.8. The number of fused-ring (bicyclic) bond motifs is 1. The minimum atomic E-state index is -0.677. The maximum Gasteiger partial charge on any atom is 0.258 e. The minimum absolute atomic E-state index is 0.137. The van der Waals surface area contributed by atoms with Crippen LogP contribution < -0.4 is 5.73 Å². The summed E-state index contributed by atoms with van der Waals surface area (Å²) in [7, 11) is 1.57. The van der Waals surface area contributed by atoms with Gasteiger partial charge in [-0.05, 0) is 47.9 Å². The Kier molecular flexibility index (Phi) is 5.04. The van der Waals surface area contributed by atoms with E-state index >= 15 is 0 Å². The Morgan fingerprint density at radius 1 is 1.24 bits per heavy atom. The standard InChI is InChI=1S/C22H19Cl2N3O2/c1-29-20-19(15-6-16(23)8-17(24)7-15)21(28)27-12-18(26)10-22(20,27)9-13-2-4-14(11-25)5-3-13/h2-8,18H,9-10,12,26H2,1H3/t18-,22-/m0/s1. The van der Waals surface area contributed by atoms with E-state index < -0.39 is 5.54 Å². The molecule has 2 atom stereocenters. The van der Waals surface area contributed by atoms with Crippen LogP contribution in [0.5, 0.6) is 0 Å². The molecule has 1 fully saturated rings. The SMILES string of the molecule is COC1=C(c2cc(Cl)cc(Cl)c2)C(=O)N2C[C@@H](N)C[C@@]12Cc1ccc(C#N)cc1. The quantitative estimate of drug-likeness (QED) is 0.804. The van der Waals surface area contributed by atoms with E-state index in [2.05, 4.69) is 6.07 Å². The average molecular weight is 428 g/mol. The number of methoxy groups -OCH3 is 1. The Bertz CT molecular complexity index is 1040. The molecule has 148 valence electrons. The molecule has 0 unspecified atom stereocenters. The Labute approximate surface area is 179 Å². The number of nitriles is 1. The lowest BCUT2D eigenvalue weighted by Crippen LogP contribution is -2.45. The van der Waals surface area contributed by atoms with Crippen LogP contribution in [0.3, 0.4) is 0 Å². The number of amides is 1. The van der Waals surface area contributed by atoms with Crippen LogP contribution in [0.15, 0.2) is 48.2 Å². The highest BCUT2D eigenvalue weighted by molar-refractivity contribution is 6.35. The monoisotopic (exact) mass is 427 g/mol. The van der Waals surface area contributed by atoms with Crippen LogP contribution in [0.1, 0.15) is 23.1 Å². The molecule has 1 amide bonds.